The van der Waals surface area contributed by atoms with Gasteiger partial charge in [-0.25, -0.2) is 8.42 Å². The van der Waals surface area contributed by atoms with Crippen molar-refractivity contribution in [1.29, 1.82) is 0 Å². The summed E-state index contributed by atoms with van der Waals surface area (Å²) in [5.74, 6) is -0.405. The van der Waals surface area contributed by atoms with E-state index < -0.39 is 21.5 Å². The number of hydrogen-bond donors (Lipinski definition) is 2. The van der Waals surface area contributed by atoms with Gasteiger partial charge in [0.1, 0.15) is 6.54 Å². The Hall–Kier alpha value is -2.65. The number of rotatable bonds is 9. The summed E-state index contributed by atoms with van der Waals surface area (Å²) in [5, 5.41) is 6.29. The van der Waals surface area contributed by atoms with Crippen LogP contribution in [0.2, 0.25) is 0 Å². The van der Waals surface area contributed by atoms with Crippen LogP contribution in [-0.4, -0.2) is 42.3 Å². The van der Waals surface area contributed by atoms with Crippen molar-refractivity contribution in [3.05, 3.63) is 52.9 Å². The van der Waals surface area contributed by atoms with Gasteiger partial charge < -0.3 is 15.2 Å². The molecule has 1 heterocycles. The molecular weight excluding hydrogens is 428 g/mol. The van der Waals surface area contributed by atoms with E-state index in [1.165, 1.54) is 54.7 Å². The molecule has 32 heavy (non-hydrogen) atoms. The number of amides is 1. The van der Waals surface area contributed by atoms with Crippen LogP contribution < -0.4 is 16.2 Å². The Bertz CT molecular complexity index is 1070. The van der Waals surface area contributed by atoms with Crippen LogP contribution in [0.1, 0.15) is 46.0 Å². The van der Waals surface area contributed by atoms with Gasteiger partial charge in [0.25, 0.3) is 5.56 Å². The van der Waals surface area contributed by atoms with E-state index in [0.29, 0.717) is 24.8 Å². The number of nitrogens with zero attached hydrogens (tertiary/aromatic N) is 2. The van der Waals surface area contributed by atoms with E-state index in [9.17, 15) is 18.0 Å². The molecule has 0 unspecified atom stereocenters. The SMILES string of the molecule is CCN(CC)S(=O)(=O)c1ccc(=O)n(CC(=O)Nc2ccc(NC3CCCCC3)cc2)c1. The molecule has 2 aromatic rings. The first kappa shape index (κ1) is 24.0. The van der Waals surface area contributed by atoms with E-state index in [4.69, 9.17) is 0 Å². The third kappa shape index (κ3) is 5.98. The number of carbonyl (C=O) groups is 1. The van der Waals surface area contributed by atoms with Crippen LogP contribution in [0.5, 0.6) is 0 Å². The van der Waals surface area contributed by atoms with Gasteiger partial charge in [-0.2, -0.15) is 4.31 Å². The summed E-state index contributed by atoms with van der Waals surface area (Å²) in [6, 6.07) is 10.4. The number of aromatic nitrogens is 1. The third-order valence-electron chi connectivity index (χ3n) is 5.76. The number of pyridine rings is 1. The highest BCUT2D eigenvalue weighted by molar-refractivity contribution is 7.89. The summed E-state index contributed by atoms with van der Waals surface area (Å²) in [7, 11) is -3.72. The van der Waals surface area contributed by atoms with Gasteiger partial charge >= 0.3 is 0 Å². The van der Waals surface area contributed by atoms with Crippen molar-refractivity contribution in [2.75, 3.05) is 23.7 Å². The first-order chi connectivity index (χ1) is 15.3. The van der Waals surface area contributed by atoms with Crippen LogP contribution in [0.15, 0.2) is 52.3 Å². The molecule has 3 rings (SSSR count). The molecule has 1 aliphatic carbocycles. The summed E-state index contributed by atoms with van der Waals surface area (Å²) in [6.07, 6.45) is 7.39. The van der Waals surface area contributed by atoms with Crippen molar-refractivity contribution >= 4 is 27.3 Å². The Labute approximate surface area is 189 Å². The number of nitrogens with one attached hydrogen (secondary N) is 2. The Morgan fingerprint density at radius 1 is 1.00 bits per heavy atom. The van der Waals surface area contributed by atoms with Gasteiger partial charge in [0.05, 0.1) is 4.90 Å². The zero-order valence-corrected chi connectivity index (χ0v) is 19.5. The summed E-state index contributed by atoms with van der Waals surface area (Å²) in [5.41, 5.74) is 1.19. The number of hydrogen-bond acceptors (Lipinski definition) is 5. The van der Waals surface area contributed by atoms with Crippen molar-refractivity contribution in [1.82, 2.24) is 8.87 Å². The van der Waals surface area contributed by atoms with E-state index in [0.717, 1.165) is 10.3 Å². The average Bonchev–Trinajstić information content (AvgIpc) is 2.78. The van der Waals surface area contributed by atoms with E-state index in [2.05, 4.69) is 10.6 Å². The first-order valence-corrected chi connectivity index (χ1v) is 12.6. The predicted octanol–water partition coefficient (Wildman–Crippen LogP) is 3.26. The Balaban J connectivity index is 1.65. The van der Waals surface area contributed by atoms with Gasteiger partial charge in [-0.15, -0.1) is 0 Å². The molecule has 1 aromatic carbocycles. The number of carbonyl (C=O) groups excluding carboxylic acids is 1. The molecule has 9 heteroatoms. The lowest BCUT2D eigenvalue weighted by molar-refractivity contribution is -0.116. The van der Waals surface area contributed by atoms with Crippen molar-refractivity contribution in [3.63, 3.8) is 0 Å². The van der Waals surface area contributed by atoms with Gasteiger partial charge in [0.2, 0.25) is 15.9 Å². The lowest BCUT2D eigenvalue weighted by Gasteiger charge is -2.23. The highest BCUT2D eigenvalue weighted by Gasteiger charge is 2.22. The maximum Gasteiger partial charge on any atom is 0.251 e. The summed E-state index contributed by atoms with van der Waals surface area (Å²) in [6.45, 7) is 3.87. The second-order valence-electron chi connectivity index (χ2n) is 8.03. The van der Waals surface area contributed by atoms with Crippen LogP contribution in [0.25, 0.3) is 0 Å². The zero-order valence-electron chi connectivity index (χ0n) is 18.7. The third-order valence-corrected chi connectivity index (χ3v) is 7.79. The molecule has 8 nitrogen and oxygen atoms in total. The smallest absolute Gasteiger partial charge is 0.251 e. The Morgan fingerprint density at radius 3 is 2.25 bits per heavy atom. The van der Waals surface area contributed by atoms with Crippen LogP contribution in [-0.2, 0) is 21.4 Å². The maximum absolute atomic E-state index is 12.7. The fraction of sp³-hybridized carbons (Fsp3) is 0.478. The lowest BCUT2D eigenvalue weighted by Crippen LogP contribution is -2.33. The number of anilines is 2. The van der Waals surface area contributed by atoms with Crippen LogP contribution in [0.4, 0.5) is 11.4 Å². The van der Waals surface area contributed by atoms with Gasteiger partial charge in [-0.1, -0.05) is 33.1 Å². The molecule has 0 atom stereocenters. The fourth-order valence-electron chi connectivity index (χ4n) is 3.99. The molecule has 1 aliphatic rings. The second-order valence-corrected chi connectivity index (χ2v) is 9.96. The second kappa shape index (κ2) is 10.8. The minimum absolute atomic E-state index is 0.00765. The normalized spacial score (nSPS) is 15.0. The number of benzene rings is 1. The first-order valence-electron chi connectivity index (χ1n) is 11.2. The summed E-state index contributed by atoms with van der Waals surface area (Å²) < 4.78 is 27.8. The molecule has 1 saturated carbocycles. The standard InChI is InChI=1S/C23H32N4O4S/c1-3-27(4-2)32(30,31)21-14-15-23(29)26(16-21)17-22(28)25-20-12-10-19(11-13-20)24-18-8-6-5-7-9-18/h10-16,18,24H,3-9,17H2,1-2H3,(H,25,28). The molecule has 0 aliphatic heterocycles. The average molecular weight is 461 g/mol. The minimum Gasteiger partial charge on any atom is -0.382 e. The highest BCUT2D eigenvalue weighted by atomic mass is 32.2. The maximum atomic E-state index is 12.7. The summed E-state index contributed by atoms with van der Waals surface area (Å²) in [4.78, 5) is 24.7. The van der Waals surface area contributed by atoms with Crippen LogP contribution in [0.3, 0.4) is 0 Å². The molecule has 1 aromatic heterocycles. The Morgan fingerprint density at radius 2 is 1.62 bits per heavy atom. The predicted molar refractivity (Wildman–Crippen MR) is 126 cm³/mol. The molecule has 0 saturated heterocycles. The molecule has 174 valence electrons. The van der Waals surface area contributed by atoms with E-state index in [1.807, 2.05) is 24.3 Å². The number of sulfonamides is 1. The van der Waals surface area contributed by atoms with Gasteiger partial charge in [-0.3, -0.25) is 9.59 Å². The van der Waals surface area contributed by atoms with Crippen molar-refractivity contribution in [2.45, 2.75) is 63.4 Å². The van der Waals surface area contributed by atoms with Gasteiger partial charge in [0, 0.05) is 42.8 Å². The minimum atomic E-state index is -3.72. The monoisotopic (exact) mass is 460 g/mol. The van der Waals surface area contributed by atoms with E-state index >= 15 is 0 Å². The molecule has 0 spiro atoms. The fourth-order valence-corrected chi connectivity index (χ4v) is 5.46. The molecule has 2 N–H and O–H groups in total. The zero-order chi connectivity index (χ0) is 23.1. The Kier molecular flexibility index (Phi) is 8.09. The van der Waals surface area contributed by atoms with Gasteiger partial charge in [-0.05, 0) is 43.2 Å². The quantitative estimate of drug-likeness (QED) is 0.598. The highest BCUT2D eigenvalue weighted by Crippen LogP contribution is 2.22. The van der Waals surface area contributed by atoms with Crippen LogP contribution >= 0.6 is 0 Å². The van der Waals surface area contributed by atoms with Crippen molar-refractivity contribution in [3.8, 4) is 0 Å². The molecule has 0 radical (unpaired) electrons. The summed E-state index contributed by atoms with van der Waals surface area (Å²) >= 11 is 0. The molecule has 0 bridgehead atoms. The van der Waals surface area contributed by atoms with Gasteiger partial charge in [0.15, 0.2) is 0 Å². The van der Waals surface area contributed by atoms with Crippen molar-refractivity contribution in [2.24, 2.45) is 0 Å². The van der Waals surface area contributed by atoms with Crippen molar-refractivity contribution < 1.29 is 13.2 Å². The van der Waals surface area contributed by atoms with E-state index in [-0.39, 0.29) is 11.4 Å². The van der Waals surface area contributed by atoms with E-state index in [1.54, 1.807) is 13.8 Å². The molecular formula is C23H32N4O4S. The topological polar surface area (TPSA) is 101 Å². The molecule has 1 fully saturated rings. The lowest BCUT2D eigenvalue weighted by atomic mass is 9.95. The largest absolute Gasteiger partial charge is 0.382 e. The van der Waals surface area contributed by atoms with Crippen LogP contribution in [0, 0.1) is 0 Å². The molecule has 1 amide bonds.